The van der Waals surface area contributed by atoms with Crippen LogP contribution in [0.5, 0.6) is 5.88 Å². The van der Waals surface area contributed by atoms with Crippen molar-refractivity contribution in [2.24, 2.45) is 4.99 Å². The molecule has 31 heavy (non-hydrogen) atoms. The molecule has 1 atom stereocenters. The van der Waals surface area contributed by atoms with Crippen LogP contribution < -0.4 is 15.4 Å². The molecule has 0 amide bonds. The van der Waals surface area contributed by atoms with Gasteiger partial charge in [0.1, 0.15) is 5.76 Å². The van der Waals surface area contributed by atoms with Gasteiger partial charge in [0.25, 0.3) is 0 Å². The monoisotopic (exact) mass is 439 g/mol. The van der Waals surface area contributed by atoms with Crippen molar-refractivity contribution < 1.29 is 22.3 Å². The molecule has 2 aromatic heterocycles. The van der Waals surface area contributed by atoms with E-state index in [1.165, 1.54) is 25.1 Å². The van der Waals surface area contributed by atoms with Gasteiger partial charge in [-0.05, 0) is 56.6 Å². The number of hydrogen-bond acceptors (Lipinski definition) is 5. The van der Waals surface area contributed by atoms with Gasteiger partial charge in [0, 0.05) is 25.4 Å². The zero-order valence-electron chi connectivity index (χ0n) is 17.5. The number of ether oxygens (including phenoxy) is 1. The second-order valence-electron chi connectivity index (χ2n) is 7.26. The van der Waals surface area contributed by atoms with Crippen molar-refractivity contribution >= 4 is 5.96 Å². The molecule has 0 bridgehead atoms. The summed E-state index contributed by atoms with van der Waals surface area (Å²) in [6, 6.07) is 7.14. The van der Waals surface area contributed by atoms with E-state index in [1.54, 1.807) is 12.3 Å². The molecule has 1 aliphatic rings. The Morgan fingerprint density at radius 2 is 2.10 bits per heavy atom. The van der Waals surface area contributed by atoms with E-state index >= 15 is 0 Å². The van der Waals surface area contributed by atoms with E-state index < -0.39 is 12.8 Å². The number of guanidine groups is 1. The van der Waals surface area contributed by atoms with E-state index in [-0.39, 0.29) is 18.5 Å². The van der Waals surface area contributed by atoms with Gasteiger partial charge in [-0.2, -0.15) is 13.2 Å². The van der Waals surface area contributed by atoms with Crippen LogP contribution in [0.2, 0.25) is 0 Å². The molecule has 2 aromatic rings. The standard InChI is InChI=1S/C21H28F3N5O2/c1-2-25-20(27-13-16-7-8-26-19(12-16)31-15-21(22,23)24)28-14-17(18-6-5-11-30-18)29-9-3-4-10-29/h5-8,11-12,17H,2-4,9-10,13-15H2,1H3,(H2,25,27,28). The van der Waals surface area contributed by atoms with Crippen molar-refractivity contribution in [1.82, 2.24) is 20.5 Å². The molecule has 2 N–H and O–H groups in total. The summed E-state index contributed by atoms with van der Waals surface area (Å²) in [5, 5.41) is 6.56. The molecule has 0 spiro atoms. The number of alkyl halides is 3. The van der Waals surface area contributed by atoms with Gasteiger partial charge in [0.2, 0.25) is 5.88 Å². The zero-order valence-corrected chi connectivity index (χ0v) is 17.5. The second kappa shape index (κ2) is 11.0. The summed E-state index contributed by atoms with van der Waals surface area (Å²) in [5.74, 6) is 1.45. The van der Waals surface area contributed by atoms with Crippen LogP contribution in [0.3, 0.4) is 0 Å². The fourth-order valence-electron chi connectivity index (χ4n) is 3.43. The van der Waals surface area contributed by atoms with Crippen molar-refractivity contribution in [3.63, 3.8) is 0 Å². The summed E-state index contributed by atoms with van der Waals surface area (Å²) in [4.78, 5) is 10.8. The van der Waals surface area contributed by atoms with Crippen molar-refractivity contribution in [2.45, 2.75) is 38.5 Å². The number of aliphatic imine (C=N–C) groups is 1. The summed E-state index contributed by atoms with van der Waals surface area (Å²) in [6.07, 6.45) is 1.03. The summed E-state index contributed by atoms with van der Waals surface area (Å²) < 4.78 is 47.4. The summed E-state index contributed by atoms with van der Waals surface area (Å²) in [7, 11) is 0. The Morgan fingerprint density at radius 3 is 2.77 bits per heavy atom. The molecular formula is C21H28F3N5O2. The normalized spacial score (nSPS) is 16.3. The van der Waals surface area contributed by atoms with Gasteiger partial charge < -0.3 is 19.8 Å². The molecule has 0 aromatic carbocycles. The van der Waals surface area contributed by atoms with E-state index in [9.17, 15) is 13.2 Å². The highest BCUT2D eigenvalue weighted by Crippen LogP contribution is 2.25. The second-order valence-corrected chi connectivity index (χ2v) is 7.26. The third-order valence-corrected chi connectivity index (χ3v) is 4.86. The van der Waals surface area contributed by atoms with Gasteiger partial charge in [-0.25, -0.2) is 9.98 Å². The first kappa shape index (κ1) is 22.9. The fourth-order valence-corrected chi connectivity index (χ4v) is 3.43. The van der Waals surface area contributed by atoms with Crippen LogP contribution in [0, 0.1) is 0 Å². The molecule has 1 unspecified atom stereocenters. The first-order chi connectivity index (χ1) is 14.9. The number of pyridine rings is 1. The highest BCUT2D eigenvalue weighted by Gasteiger charge is 2.28. The van der Waals surface area contributed by atoms with Crippen molar-refractivity contribution in [1.29, 1.82) is 0 Å². The first-order valence-electron chi connectivity index (χ1n) is 10.4. The van der Waals surface area contributed by atoms with Crippen molar-refractivity contribution in [2.75, 3.05) is 32.8 Å². The molecule has 1 aliphatic heterocycles. The van der Waals surface area contributed by atoms with Crippen LogP contribution in [0.15, 0.2) is 46.1 Å². The maximum absolute atomic E-state index is 12.3. The summed E-state index contributed by atoms with van der Waals surface area (Å²) in [5.41, 5.74) is 0.700. The third kappa shape index (κ3) is 7.46. The number of hydrogen-bond donors (Lipinski definition) is 2. The smallest absolute Gasteiger partial charge is 0.422 e. The van der Waals surface area contributed by atoms with Crippen LogP contribution in [-0.2, 0) is 6.54 Å². The molecule has 170 valence electrons. The quantitative estimate of drug-likeness (QED) is 0.460. The average Bonchev–Trinajstić information content (AvgIpc) is 3.45. The number of nitrogens with zero attached hydrogens (tertiary/aromatic N) is 3. The lowest BCUT2D eigenvalue weighted by Crippen LogP contribution is -2.42. The van der Waals surface area contributed by atoms with Crippen LogP contribution in [0.25, 0.3) is 0 Å². The summed E-state index contributed by atoms with van der Waals surface area (Å²) in [6.45, 7) is 4.22. The number of halogens is 3. The lowest BCUT2D eigenvalue weighted by Gasteiger charge is -2.26. The lowest BCUT2D eigenvalue weighted by molar-refractivity contribution is -0.154. The molecule has 0 saturated carbocycles. The van der Waals surface area contributed by atoms with E-state index in [2.05, 4.69) is 25.5 Å². The number of furan rings is 1. The molecule has 7 nitrogen and oxygen atoms in total. The van der Waals surface area contributed by atoms with Crippen LogP contribution in [0.1, 0.15) is 37.1 Å². The molecule has 1 fully saturated rings. The summed E-state index contributed by atoms with van der Waals surface area (Å²) >= 11 is 0. The average molecular weight is 439 g/mol. The maximum atomic E-state index is 12.3. The first-order valence-corrected chi connectivity index (χ1v) is 10.4. The van der Waals surface area contributed by atoms with Gasteiger partial charge in [-0.15, -0.1) is 0 Å². The van der Waals surface area contributed by atoms with E-state index in [1.807, 2.05) is 19.1 Å². The fraction of sp³-hybridized carbons (Fsp3) is 0.524. The Bertz CT molecular complexity index is 821. The zero-order chi connectivity index (χ0) is 22.1. The molecule has 1 saturated heterocycles. The van der Waals surface area contributed by atoms with E-state index in [0.717, 1.165) is 18.8 Å². The number of rotatable bonds is 9. The van der Waals surface area contributed by atoms with Crippen LogP contribution >= 0.6 is 0 Å². The molecule has 0 radical (unpaired) electrons. The minimum Gasteiger partial charge on any atom is -0.468 e. The van der Waals surface area contributed by atoms with Gasteiger partial charge in [-0.3, -0.25) is 4.90 Å². The van der Waals surface area contributed by atoms with Gasteiger partial charge in [0.15, 0.2) is 12.6 Å². The maximum Gasteiger partial charge on any atom is 0.422 e. The Balaban J connectivity index is 1.62. The van der Waals surface area contributed by atoms with Crippen LogP contribution in [0.4, 0.5) is 13.2 Å². The Kier molecular flexibility index (Phi) is 8.16. The molecular weight excluding hydrogens is 411 g/mol. The Morgan fingerprint density at radius 1 is 1.29 bits per heavy atom. The largest absolute Gasteiger partial charge is 0.468 e. The highest BCUT2D eigenvalue weighted by molar-refractivity contribution is 5.79. The van der Waals surface area contributed by atoms with E-state index in [4.69, 9.17) is 9.15 Å². The SMILES string of the molecule is CCNC(=NCc1ccnc(OCC(F)(F)F)c1)NCC(c1ccco1)N1CCCC1. The third-order valence-electron chi connectivity index (χ3n) is 4.86. The van der Waals surface area contributed by atoms with Gasteiger partial charge in [-0.1, -0.05) is 0 Å². The molecule has 0 aliphatic carbocycles. The van der Waals surface area contributed by atoms with E-state index in [0.29, 0.717) is 24.6 Å². The topological polar surface area (TPSA) is 74.9 Å². The predicted molar refractivity (Wildman–Crippen MR) is 111 cm³/mol. The van der Waals surface area contributed by atoms with Gasteiger partial charge in [0.05, 0.1) is 18.8 Å². The predicted octanol–water partition coefficient (Wildman–Crippen LogP) is 3.51. The number of likely N-dealkylation sites (tertiary alicyclic amines) is 1. The minimum atomic E-state index is -4.40. The van der Waals surface area contributed by atoms with Crippen LogP contribution in [-0.4, -0.2) is 54.8 Å². The minimum absolute atomic E-state index is 0.0742. The number of nitrogens with one attached hydrogen (secondary N) is 2. The lowest BCUT2D eigenvalue weighted by atomic mass is 10.2. The highest BCUT2D eigenvalue weighted by atomic mass is 19.4. The van der Waals surface area contributed by atoms with Gasteiger partial charge >= 0.3 is 6.18 Å². The van der Waals surface area contributed by atoms with Crippen molar-refractivity contribution in [3.8, 4) is 5.88 Å². The Hall–Kier alpha value is -2.75. The number of aromatic nitrogens is 1. The molecule has 3 rings (SSSR count). The molecule has 3 heterocycles. The van der Waals surface area contributed by atoms with Crippen molar-refractivity contribution in [3.05, 3.63) is 48.0 Å². The Labute approximate surface area is 179 Å². The molecule has 10 heteroatoms.